The molecular formula is C18H22ClN3O4S. The number of hydrogen-bond donors (Lipinski definition) is 2. The third-order valence-corrected chi connectivity index (χ3v) is 6.06. The van der Waals surface area contributed by atoms with E-state index in [9.17, 15) is 13.2 Å². The Hall–Kier alpha value is -2.00. The molecule has 0 aliphatic carbocycles. The minimum absolute atomic E-state index is 0.00952. The maximum atomic E-state index is 13.3. The van der Waals surface area contributed by atoms with Gasteiger partial charge in [0, 0.05) is 24.0 Å². The van der Waals surface area contributed by atoms with Crippen molar-refractivity contribution in [2.24, 2.45) is 5.92 Å². The second-order valence-electron chi connectivity index (χ2n) is 6.49. The fourth-order valence-corrected chi connectivity index (χ4v) is 4.37. The zero-order valence-electron chi connectivity index (χ0n) is 15.0. The number of hydrogen-bond acceptors (Lipinski definition) is 5. The fourth-order valence-electron chi connectivity index (χ4n) is 2.65. The number of nitrogens with zero attached hydrogens (tertiary/aromatic N) is 2. The van der Waals surface area contributed by atoms with E-state index in [1.54, 1.807) is 23.8 Å². The number of pyridine rings is 1. The summed E-state index contributed by atoms with van der Waals surface area (Å²) in [5, 5.41) is 9.56. The van der Waals surface area contributed by atoms with Gasteiger partial charge in [0.15, 0.2) is 0 Å². The highest BCUT2D eigenvalue weighted by Gasteiger charge is 2.36. The maximum absolute atomic E-state index is 13.3. The lowest BCUT2D eigenvalue weighted by atomic mass is 10.0. The van der Waals surface area contributed by atoms with Crippen molar-refractivity contribution in [2.75, 3.05) is 0 Å². The molecule has 1 aromatic heterocycles. The molecule has 146 valence electrons. The molecule has 0 fully saturated rings. The second-order valence-corrected chi connectivity index (χ2v) is 8.81. The van der Waals surface area contributed by atoms with Crippen LogP contribution < -0.4 is 5.48 Å². The molecule has 9 heteroatoms. The summed E-state index contributed by atoms with van der Waals surface area (Å²) >= 11 is 5.86. The smallest absolute Gasteiger partial charge is 0.261 e. The number of nitrogens with one attached hydrogen (secondary N) is 1. The minimum atomic E-state index is -4.04. The van der Waals surface area contributed by atoms with Crippen molar-refractivity contribution in [3.8, 4) is 0 Å². The van der Waals surface area contributed by atoms with Gasteiger partial charge in [-0.15, -0.1) is 0 Å². The predicted octanol–water partition coefficient (Wildman–Crippen LogP) is 2.85. The lowest BCUT2D eigenvalue weighted by Crippen LogP contribution is -2.49. The predicted molar refractivity (Wildman–Crippen MR) is 102 cm³/mol. The van der Waals surface area contributed by atoms with Gasteiger partial charge in [0.25, 0.3) is 5.91 Å². The van der Waals surface area contributed by atoms with Gasteiger partial charge in [0.1, 0.15) is 6.04 Å². The fraction of sp³-hybridized carbons (Fsp3) is 0.333. The van der Waals surface area contributed by atoms with E-state index in [1.807, 2.05) is 13.8 Å². The van der Waals surface area contributed by atoms with Gasteiger partial charge in [-0.2, -0.15) is 4.31 Å². The van der Waals surface area contributed by atoms with Crippen molar-refractivity contribution in [1.29, 1.82) is 0 Å². The van der Waals surface area contributed by atoms with Crippen LogP contribution in [0.2, 0.25) is 5.02 Å². The van der Waals surface area contributed by atoms with Gasteiger partial charge >= 0.3 is 0 Å². The highest BCUT2D eigenvalue weighted by atomic mass is 35.5. The van der Waals surface area contributed by atoms with Crippen LogP contribution >= 0.6 is 11.6 Å². The first-order chi connectivity index (χ1) is 12.8. The van der Waals surface area contributed by atoms with Crippen LogP contribution in [0, 0.1) is 5.92 Å². The van der Waals surface area contributed by atoms with E-state index in [1.165, 1.54) is 30.5 Å². The normalized spacial score (nSPS) is 13.0. The Morgan fingerprint density at radius 1 is 1.26 bits per heavy atom. The Morgan fingerprint density at radius 2 is 1.93 bits per heavy atom. The molecule has 27 heavy (non-hydrogen) atoms. The van der Waals surface area contributed by atoms with Crippen LogP contribution in [0.25, 0.3) is 0 Å². The highest BCUT2D eigenvalue weighted by molar-refractivity contribution is 7.89. The van der Waals surface area contributed by atoms with Crippen LogP contribution in [0.3, 0.4) is 0 Å². The van der Waals surface area contributed by atoms with Crippen LogP contribution in [0.1, 0.15) is 25.8 Å². The van der Waals surface area contributed by atoms with Crippen molar-refractivity contribution in [3.05, 3.63) is 59.4 Å². The maximum Gasteiger partial charge on any atom is 0.261 e. The quantitative estimate of drug-likeness (QED) is 0.514. The van der Waals surface area contributed by atoms with E-state index in [-0.39, 0.29) is 23.8 Å². The molecule has 0 unspecified atom stereocenters. The summed E-state index contributed by atoms with van der Waals surface area (Å²) in [4.78, 5) is 16.3. The number of carbonyl (C=O) groups excluding carboxylic acids is 1. The third-order valence-electron chi connectivity index (χ3n) is 3.94. The molecule has 2 rings (SSSR count). The lowest BCUT2D eigenvalue weighted by Gasteiger charge is -2.30. The van der Waals surface area contributed by atoms with Crippen LogP contribution in [0.4, 0.5) is 0 Å². The lowest BCUT2D eigenvalue weighted by molar-refractivity contribution is -0.133. The van der Waals surface area contributed by atoms with Gasteiger partial charge in [-0.25, -0.2) is 13.9 Å². The van der Waals surface area contributed by atoms with Crippen molar-refractivity contribution < 1.29 is 18.4 Å². The van der Waals surface area contributed by atoms with E-state index in [0.717, 1.165) is 4.31 Å². The molecule has 0 bridgehead atoms. The zero-order valence-corrected chi connectivity index (χ0v) is 16.6. The average Bonchev–Trinajstić information content (AvgIpc) is 2.64. The van der Waals surface area contributed by atoms with E-state index in [0.29, 0.717) is 10.6 Å². The minimum Gasteiger partial charge on any atom is -0.289 e. The number of amides is 1. The summed E-state index contributed by atoms with van der Waals surface area (Å²) in [6, 6.07) is 8.04. The van der Waals surface area contributed by atoms with E-state index in [4.69, 9.17) is 16.8 Å². The average molecular weight is 412 g/mol. The topological polar surface area (TPSA) is 99.6 Å². The van der Waals surface area contributed by atoms with Crippen molar-refractivity contribution in [1.82, 2.24) is 14.8 Å². The van der Waals surface area contributed by atoms with Crippen LogP contribution in [-0.4, -0.2) is 34.9 Å². The summed E-state index contributed by atoms with van der Waals surface area (Å²) in [6.45, 7) is 3.67. The van der Waals surface area contributed by atoms with E-state index >= 15 is 0 Å². The zero-order chi connectivity index (χ0) is 20.0. The van der Waals surface area contributed by atoms with Gasteiger partial charge in [0.2, 0.25) is 10.0 Å². The summed E-state index contributed by atoms with van der Waals surface area (Å²) in [7, 11) is -4.04. The number of hydroxylamine groups is 1. The van der Waals surface area contributed by atoms with E-state index in [2.05, 4.69) is 4.98 Å². The van der Waals surface area contributed by atoms with Crippen LogP contribution in [-0.2, 0) is 21.4 Å². The number of sulfonamides is 1. The second kappa shape index (κ2) is 9.27. The Labute approximate surface area is 164 Å². The number of rotatable bonds is 8. The Balaban J connectivity index is 2.53. The molecule has 1 amide bonds. The van der Waals surface area contributed by atoms with Gasteiger partial charge in [-0.3, -0.25) is 15.0 Å². The van der Waals surface area contributed by atoms with Crippen molar-refractivity contribution in [3.63, 3.8) is 0 Å². The van der Waals surface area contributed by atoms with Gasteiger partial charge in [-0.1, -0.05) is 31.5 Å². The van der Waals surface area contributed by atoms with Gasteiger partial charge in [-0.05, 0) is 48.2 Å². The summed E-state index contributed by atoms with van der Waals surface area (Å²) < 4.78 is 27.7. The SMILES string of the molecule is CC(C)C[C@H](C(=O)NO)N(Cc1cccnc1)S(=O)(=O)c1ccc(Cl)cc1. The Morgan fingerprint density at radius 3 is 2.44 bits per heavy atom. The Kier molecular flexibility index (Phi) is 7.32. The molecule has 0 saturated heterocycles. The molecule has 2 aromatic rings. The molecule has 1 atom stereocenters. The van der Waals surface area contributed by atoms with Crippen LogP contribution in [0.15, 0.2) is 53.7 Å². The molecule has 0 radical (unpaired) electrons. The summed E-state index contributed by atoms with van der Waals surface area (Å²) in [6.07, 6.45) is 3.35. The number of aromatic nitrogens is 1. The standard InChI is InChI=1S/C18H22ClN3O4S/c1-13(2)10-17(18(23)21-24)22(12-14-4-3-9-20-11-14)27(25,26)16-7-5-15(19)6-8-16/h3-9,11,13,17,24H,10,12H2,1-2H3,(H,21,23)/t17-/m1/s1. The number of benzene rings is 1. The summed E-state index contributed by atoms with van der Waals surface area (Å²) in [5.74, 6) is -0.769. The largest absolute Gasteiger partial charge is 0.289 e. The number of carbonyl (C=O) groups is 1. The first-order valence-electron chi connectivity index (χ1n) is 8.36. The van der Waals surface area contributed by atoms with Gasteiger partial charge in [0.05, 0.1) is 4.90 Å². The first-order valence-corrected chi connectivity index (χ1v) is 10.2. The van der Waals surface area contributed by atoms with Gasteiger partial charge < -0.3 is 0 Å². The monoisotopic (exact) mass is 411 g/mol. The molecule has 0 saturated carbocycles. The molecule has 0 aliphatic rings. The molecule has 0 spiro atoms. The first kappa shape index (κ1) is 21.3. The molecule has 1 heterocycles. The summed E-state index contributed by atoms with van der Waals surface area (Å²) in [5.41, 5.74) is 2.21. The van der Waals surface area contributed by atoms with Crippen molar-refractivity contribution >= 4 is 27.5 Å². The van der Waals surface area contributed by atoms with Crippen molar-refractivity contribution in [2.45, 2.75) is 37.8 Å². The third kappa shape index (κ3) is 5.49. The number of halogens is 1. The van der Waals surface area contributed by atoms with E-state index < -0.39 is 22.0 Å². The van der Waals surface area contributed by atoms with Crippen LogP contribution in [0.5, 0.6) is 0 Å². The molecule has 7 nitrogen and oxygen atoms in total. The molecule has 0 aliphatic heterocycles. The highest BCUT2D eigenvalue weighted by Crippen LogP contribution is 2.25. The molecule has 1 aromatic carbocycles. The Bertz CT molecular complexity index is 858. The molecular weight excluding hydrogens is 390 g/mol. The molecule has 2 N–H and O–H groups in total.